The predicted octanol–water partition coefficient (Wildman–Crippen LogP) is 6.05. The van der Waals surface area contributed by atoms with E-state index in [0.29, 0.717) is 56.9 Å². The molecule has 0 aromatic carbocycles. The molecule has 1 saturated carbocycles. The Morgan fingerprint density at radius 2 is 1.64 bits per heavy atom. The van der Waals surface area contributed by atoms with Gasteiger partial charge in [0.2, 0.25) is 5.79 Å². The molecule has 1 amide bonds. The molecule has 1 aliphatic carbocycles. The third-order valence-electron chi connectivity index (χ3n) is 15.1. The SMILES string of the molecule is CO[C@H]1C[C@@H]2CC[C@@H](C)[C@@](O)(O2)C(=O)C(=O)N2CCCC[C@H]2C(=O)O[C@H]([C@H](C)C[C@@H]2CC[C@H](n3ncnn3)[C@H](OC)C2)CC(=O)[C@H](C)/C=C(\C)[C@@H](O)[C@@H](OC)C(=O)[C@H](C)C[C@@H](C)/C=C/C=C/C=C/1C. The first-order valence-corrected chi connectivity index (χ1v) is 25.0. The van der Waals surface area contributed by atoms with Crippen molar-refractivity contribution >= 4 is 29.2 Å². The van der Waals surface area contributed by atoms with Crippen molar-refractivity contribution in [3.05, 3.63) is 53.9 Å². The van der Waals surface area contributed by atoms with Crippen LogP contribution in [0.5, 0.6) is 0 Å². The van der Waals surface area contributed by atoms with Crippen molar-refractivity contribution in [2.24, 2.45) is 35.5 Å². The Labute approximate surface area is 408 Å². The molecule has 2 saturated heterocycles. The number of rotatable bonds is 7. The number of Topliss-reactive ketones (excluding diaryl/α,β-unsaturated/α-hetero) is 3. The zero-order valence-electron chi connectivity index (χ0n) is 42.5. The molecule has 5 rings (SSSR count). The van der Waals surface area contributed by atoms with E-state index in [4.69, 9.17) is 23.7 Å². The van der Waals surface area contributed by atoms with Gasteiger partial charge in [-0.2, -0.15) is 4.80 Å². The predicted molar refractivity (Wildman–Crippen MR) is 256 cm³/mol. The fourth-order valence-electron chi connectivity index (χ4n) is 10.7. The van der Waals surface area contributed by atoms with Crippen LogP contribution >= 0.6 is 0 Å². The van der Waals surface area contributed by atoms with Gasteiger partial charge in [-0.1, -0.05) is 71.1 Å². The molecule has 384 valence electrons. The molecule has 0 unspecified atom stereocenters. The molecule has 17 heteroatoms. The zero-order valence-corrected chi connectivity index (χ0v) is 42.5. The lowest BCUT2D eigenvalue weighted by Gasteiger charge is -2.42. The van der Waals surface area contributed by atoms with Gasteiger partial charge in [0.15, 0.2) is 12.1 Å². The molecular formula is C52H79N5O12. The van der Waals surface area contributed by atoms with E-state index in [1.165, 1.54) is 18.3 Å². The maximum atomic E-state index is 14.5. The van der Waals surface area contributed by atoms with Crippen molar-refractivity contribution in [3.8, 4) is 0 Å². The van der Waals surface area contributed by atoms with Crippen LogP contribution in [0.1, 0.15) is 132 Å². The number of hydrogen-bond donors (Lipinski definition) is 2. The molecule has 17 nitrogen and oxygen atoms in total. The molecule has 0 radical (unpaired) electrons. The Bertz CT molecular complexity index is 2020. The number of aliphatic hydroxyl groups is 2. The summed E-state index contributed by atoms with van der Waals surface area (Å²) in [7, 11) is 4.61. The summed E-state index contributed by atoms with van der Waals surface area (Å²) in [6.45, 7) is 12.8. The van der Waals surface area contributed by atoms with E-state index in [9.17, 15) is 34.2 Å². The third-order valence-corrected chi connectivity index (χ3v) is 15.1. The number of aliphatic hydroxyl groups excluding tert-OH is 1. The number of carbonyl (C=O) groups excluding carboxylic acids is 5. The number of aromatic nitrogens is 4. The molecule has 1 aromatic rings. The Kier molecular flexibility index (Phi) is 20.8. The van der Waals surface area contributed by atoms with Crippen LogP contribution < -0.4 is 0 Å². The maximum absolute atomic E-state index is 14.5. The van der Waals surface area contributed by atoms with E-state index in [2.05, 4.69) is 15.4 Å². The number of carbonyl (C=O) groups is 5. The minimum atomic E-state index is -2.43. The summed E-state index contributed by atoms with van der Waals surface area (Å²) < 4.78 is 29.9. The second kappa shape index (κ2) is 25.7. The van der Waals surface area contributed by atoms with Gasteiger partial charge in [0.05, 0.1) is 24.4 Å². The van der Waals surface area contributed by atoms with Crippen molar-refractivity contribution in [1.29, 1.82) is 0 Å². The number of methoxy groups -OCH3 is 3. The van der Waals surface area contributed by atoms with Crippen LogP contribution in [0.2, 0.25) is 0 Å². The quantitative estimate of drug-likeness (QED) is 0.181. The summed E-state index contributed by atoms with van der Waals surface area (Å²) in [6, 6.07) is -1.24. The standard InChI is InChI=1S/C52H79N5O12/c1-31-16-12-11-13-17-32(2)43(65-8)28-39-21-19-37(7)52(64,69-39)49(61)50(62)56-23-15-14-18-41(56)51(63)68-44(34(4)26-38-20-22-40(45(27-38)66-9)57-54-30-53-55-57)29-42(58)33(3)25-36(6)47(60)48(67-10)46(59)35(5)24-31/h11-13,16-17,25,30-31,33-35,37-41,43-45,47-48,60,64H,14-15,18-24,26-29H2,1-10H3/b13-11+,16-12+,32-17+,36-25+/t31-,33+,34+,35+,37+,38-,39-,40-,41-,43-,44-,45+,47+,48-,52+/m0/s1. The first-order chi connectivity index (χ1) is 32.8. The maximum Gasteiger partial charge on any atom is 0.329 e. The van der Waals surface area contributed by atoms with Gasteiger partial charge < -0.3 is 38.8 Å². The topological polar surface area (TPSA) is 219 Å². The number of hydrogen-bond acceptors (Lipinski definition) is 15. The number of amides is 1. The summed E-state index contributed by atoms with van der Waals surface area (Å²) in [5, 5.41) is 35.7. The lowest BCUT2D eigenvalue weighted by atomic mass is 9.77. The van der Waals surface area contributed by atoms with Crippen molar-refractivity contribution < 1.29 is 57.9 Å². The lowest BCUT2D eigenvalue weighted by molar-refractivity contribution is -0.265. The summed E-state index contributed by atoms with van der Waals surface area (Å²) in [6.07, 6.45) is 13.7. The highest BCUT2D eigenvalue weighted by molar-refractivity contribution is 6.39. The number of fused-ring (bicyclic) bond motifs is 3. The highest BCUT2D eigenvalue weighted by Crippen LogP contribution is 2.39. The van der Waals surface area contributed by atoms with Crippen molar-refractivity contribution in [2.75, 3.05) is 27.9 Å². The Balaban J connectivity index is 1.46. The van der Waals surface area contributed by atoms with E-state index >= 15 is 0 Å². The monoisotopic (exact) mass is 966 g/mol. The average molecular weight is 966 g/mol. The summed E-state index contributed by atoms with van der Waals surface area (Å²) >= 11 is 0. The number of ketones is 3. The Morgan fingerprint density at radius 1 is 0.884 bits per heavy atom. The fraction of sp³-hybridized carbons (Fsp3) is 0.731. The average Bonchev–Trinajstić information content (AvgIpc) is 3.88. The zero-order chi connectivity index (χ0) is 50.6. The van der Waals surface area contributed by atoms with Gasteiger partial charge in [-0.25, -0.2) is 4.79 Å². The molecule has 69 heavy (non-hydrogen) atoms. The summed E-state index contributed by atoms with van der Waals surface area (Å²) in [5.74, 6) is -7.94. The van der Waals surface area contributed by atoms with Crippen molar-refractivity contribution in [3.63, 3.8) is 0 Å². The molecule has 2 N–H and O–H groups in total. The van der Waals surface area contributed by atoms with Gasteiger partial charge >= 0.3 is 5.97 Å². The van der Waals surface area contributed by atoms with Gasteiger partial charge in [0.25, 0.3) is 11.7 Å². The van der Waals surface area contributed by atoms with Crippen molar-refractivity contribution in [1.82, 2.24) is 25.1 Å². The van der Waals surface area contributed by atoms with Gasteiger partial charge in [-0.05, 0) is 112 Å². The minimum Gasteiger partial charge on any atom is -0.460 e. The number of tetrazole rings is 1. The molecular weight excluding hydrogens is 887 g/mol. The molecule has 1 aromatic heterocycles. The second-order valence-electron chi connectivity index (χ2n) is 20.3. The molecule has 4 heterocycles. The van der Waals surface area contributed by atoms with Crippen LogP contribution in [0.15, 0.2) is 53.9 Å². The third kappa shape index (κ3) is 14.2. The van der Waals surface area contributed by atoms with Gasteiger partial charge in [-0.15, -0.1) is 10.2 Å². The van der Waals surface area contributed by atoms with Crippen LogP contribution in [0.25, 0.3) is 0 Å². The summed E-state index contributed by atoms with van der Waals surface area (Å²) in [5.41, 5.74) is 1.27. The molecule has 4 aliphatic rings. The number of esters is 1. The second-order valence-corrected chi connectivity index (χ2v) is 20.3. The van der Waals surface area contributed by atoms with E-state index < -0.39 is 77.8 Å². The smallest absolute Gasteiger partial charge is 0.329 e. The van der Waals surface area contributed by atoms with Gasteiger partial charge in [0.1, 0.15) is 30.1 Å². The number of cyclic esters (lactones) is 1. The van der Waals surface area contributed by atoms with Gasteiger partial charge in [-0.3, -0.25) is 19.2 Å². The van der Waals surface area contributed by atoms with Crippen LogP contribution in [-0.4, -0.2) is 141 Å². The number of nitrogens with zero attached hydrogens (tertiary/aromatic N) is 5. The largest absolute Gasteiger partial charge is 0.460 e. The lowest BCUT2D eigenvalue weighted by Crippen LogP contribution is -2.61. The normalized spacial score (nSPS) is 38.8. The molecule has 15 atom stereocenters. The molecule has 3 fully saturated rings. The van der Waals surface area contributed by atoms with Gasteiger partial charge in [0, 0.05) is 58.5 Å². The fourth-order valence-corrected chi connectivity index (χ4v) is 10.7. The van der Waals surface area contributed by atoms with E-state index in [-0.39, 0.29) is 60.9 Å². The highest BCUT2D eigenvalue weighted by Gasteiger charge is 2.53. The van der Waals surface area contributed by atoms with Crippen LogP contribution in [0.3, 0.4) is 0 Å². The highest BCUT2D eigenvalue weighted by atomic mass is 16.6. The summed E-state index contributed by atoms with van der Waals surface area (Å²) in [4.78, 5) is 73.9. The van der Waals surface area contributed by atoms with E-state index in [0.717, 1.165) is 18.4 Å². The first kappa shape index (κ1) is 55.7. The molecule has 0 spiro atoms. The number of piperidine rings is 1. The van der Waals surface area contributed by atoms with Crippen molar-refractivity contribution in [2.45, 2.75) is 180 Å². The minimum absolute atomic E-state index is 0.0168. The van der Waals surface area contributed by atoms with E-state index in [1.54, 1.807) is 45.9 Å². The van der Waals surface area contributed by atoms with Crippen LogP contribution in [0.4, 0.5) is 0 Å². The Hall–Kier alpha value is -4.26. The molecule has 2 bridgehead atoms. The van der Waals surface area contributed by atoms with Crippen LogP contribution in [0, 0.1) is 35.5 Å². The van der Waals surface area contributed by atoms with Crippen LogP contribution in [-0.2, 0) is 47.7 Å². The first-order valence-electron chi connectivity index (χ1n) is 25.0. The number of allylic oxidation sites excluding steroid dienone is 6. The molecule has 3 aliphatic heterocycles. The van der Waals surface area contributed by atoms with E-state index in [1.807, 2.05) is 58.1 Å². The Morgan fingerprint density at radius 3 is 2.32 bits per heavy atom. The number of ether oxygens (including phenoxy) is 5.